The largest absolute Gasteiger partial charge is 0.377 e. The smallest absolute Gasteiger partial charge is 0.264 e. The van der Waals surface area contributed by atoms with Crippen molar-refractivity contribution in [1.29, 1.82) is 0 Å². The first kappa shape index (κ1) is 38.5. The molecule has 0 fully saturated rings. The van der Waals surface area contributed by atoms with E-state index in [1.807, 2.05) is 0 Å². The van der Waals surface area contributed by atoms with Crippen LogP contribution in [0.5, 0.6) is 0 Å². The van der Waals surface area contributed by atoms with Gasteiger partial charge in [-0.05, 0) is 0 Å². The third-order valence-electron chi connectivity index (χ3n) is 4.03. The van der Waals surface area contributed by atoms with Crippen molar-refractivity contribution >= 4 is 20.2 Å². The molecule has 0 aromatic heterocycles. The maximum Gasteiger partial charge on any atom is 0.264 e. The highest BCUT2D eigenvalue weighted by atomic mass is 32.2. The third-order valence-corrected chi connectivity index (χ3v) is 5.22. The molecule has 17 heteroatoms. The molecule has 0 aliphatic rings. The van der Waals surface area contributed by atoms with Crippen LogP contribution >= 0.6 is 0 Å². The average Bonchev–Trinajstić information content (AvgIpc) is 2.86. The lowest BCUT2D eigenvalue weighted by Gasteiger charge is -2.09. The molecule has 0 heterocycles. The SMILES string of the molecule is CS(=O)(=O)OCCOCCOCCOCCOCCOCCOCCOCCOCCOCCOS(C)(=O)=O. The molecule has 0 N–H and O–H groups in total. The van der Waals surface area contributed by atoms with Crippen LogP contribution in [-0.2, 0) is 71.2 Å². The molecular formula is C22H46O15S2. The Morgan fingerprint density at radius 2 is 0.410 bits per heavy atom. The summed E-state index contributed by atoms with van der Waals surface area (Å²) in [6.45, 7) is 7.20. The van der Waals surface area contributed by atoms with Gasteiger partial charge in [0, 0.05) is 0 Å². The molecule has 0 saturated carbocycles. The molecule has 0 aromatic carbocycles. The molecule has 0 amide bonds. The summed E-state index contributed by atoms with van der Waals surface area (Å²) in [6, 6.07) is 0. The van der Waals surface area contributed by atoms with E-state index in [0.717, 1.165) is 12.5 Å². The lowest BCUT2D eigenvalue weighted by atomic mass is 10.6. The van der Waals surface area contributed by atoms with Crippen molar-refractivity contribution in [1.82, 2.24) is 0 Å². The molecule has 15 nitrogen and oxygen atoms in total. The van der Waals surface area contributed by atoms with E-state index in [0.29, 0.717) is 106 Å². The van der Waals surface area contributed by atoms with E-state index in [9.17, 15) is 16.8 Å². The fourth-order valence-corrected chi connectivity index (χ4v) is 3.09. The van der Waals surface area contributed by atoms with E-state index in [-0.39, 0.29) is 26.4 Å². The van der Waals surface area contributed by atoms with Gasteiger partial charge >= 0.3 is 0 Å². The Balaban J connectivity index is 3.08. The summed E-state index contributed by atoms with van der Waals surface area (Å²) >= 11 is 0. The van der Waals surface area contributed by atoms with Crippen molar-refractivity contribution in [3.63, 3.8) is 0 Å². The lowest BCUT2D eigenvalue weighted by Crippen LogP contribution is -2.15. The van der Waals surface area contributed by atoms with Gasteiger partial charge in [-0.3, -0.25) is 8.37 Å². The Kier molecular flexibility index (Phi) is 27.2. The minimum Gasteiger partial charge on any atom is -0.377 e. The summed E-state index contributed by atoms with van der Waals surface area (Å²) in [4.78, 5) is 0. The van der Waals surface area contributed by atoms with Gasteiger partial charge in [-0.15, -0.1) is 0 Å². The Morgan fingerprint density at radius 3 is 0.538 bits per heavy atom. The topological polar surface area (TPSA) is 170 Å². The van der Waals surface area contributed by atoms with Gasteiger partial charge in [-0.2, -0.15) is 16.8 Å². The van der Waals surface area contributed by atoms with Crippen LogP contribution in [0.3, 0.4) is 0 Å². The normalized spacial score (nSPS) is 12.4. The van der Waals surface area contributed by atoms with Crippen LogP contribution in [0.25, 0.3) is 0 Å². The highest BCUT2D eigenvalue weighted by molar-refractivity contribution is 7.86. The van der Waals surface area contributed by atoms with Gasteiger partial charge in [0.15, 0.2) is 0 Å². The van der Waals surface area contributed by atoms with Crippen LogP contribution in [-0.4, -0.2) is 161 Å². The van der Waals surface area contributed by atoms with Gasteiger partial charge in [0.2, 0.25) is 0 Å². The zero-order valence-electron chi connectivity index (χ0n) is 23.1. The number of hydrogen-bond donors (Lipinski definition) is 0. The van der Waals surface area contributed by atoms with E-state index >= 15 is 0 Å². The first-order valence-electron chi connectivity index (χ1n) is 12.6. The summed E-state index contributed by atoms with van der Waals surface area (Å²) < 4.78 is 100. The van der Waals surface area contributed by atoms with Crippen molar-refractivity contribution in [2.24, 2.45) is 0 Å². The Hall–Kier alpha value is -0.540. The van der Waals surface area contributed by atoms with Gasteiger partial charge in [0.1, 0.15) is 0 Å². The monoisotopic (exact) mass is 614 g/mol. The second-order valence-corrected chi connectivity index (χ2v) is 10.9. The van der Waals surface area contributed by atoms with Gasteiger partial charge < -0.3 is 42.6 Å². The molecule has 0 rings (SSSR count). The zero-order valence-corrected chi connectivity index (χ0v) is 24.7. The summed E-state index contributed by atoms with van der Waals surface area (Å²) in [5, 5.41) is 0. The second kappa shape index (κ2) is 27.6. The van der Waals surface area contributed by atoms with E-state index in [1.165, 1.54) is 0 Å². The molecule has 236 valence electrons. The van der Waals surface area contributed by atoms with Crippen molar-refractivity contribution in [2.45, 2.75) is 0 Å². The first-order chi connectivity index (χ1) is 18.7. The zero-order chi connectivity index (χ0) is 28.9. The highest BCUT2D eigenvalue weighted by Crippen LogP contribution is 1.89. The summed E-state index contributed by atoms with van der Waals surface area (Å²) in [6.07, 6.45) is 1.98. The maximum absolute atomic E-state index is 10.7. The quantitative estimate of drug-likeness (QED) is 0.0673. The molecule has 0 unspecified atom stereocenters. The fraction of sp³-hybridized carbons (Fsp3) is 1.00. The molecule has 0 bridgehead atoms. The summed E-state index contributed by atoms with van der Waals surface area (Å²) in [7, 11) is -6.85. The van der Waals surface area contributed by atoms with Crippen LogP contribution in [0.2, 0.25) is 0 Å². The van der Waals surface area contributed by atoms with E-state index in [1.54, 1.807) is 0 Å². The summed E-state index contributed by atoms with van der Waals surface area (Å²) in [5.74, 6) is 0. The van der Waals surface area contributed by atoms with Gasteiger partial charge in [0.05, 0.1) is 145 Å². The van der Waals surface area contributed by atoms with E-state index < -0.39 is 20.2 Å². The molecule has 0 aliphatic carbocycles. The van der Waals surface area contributed by atoms with Crippen LogP contribution in [0.1, 0.15) is 0 Å². The molecule has 39 heavy (non-hydrogen) atoms. The van der Waals surface area contributed by atoms with Crippen LogP contribution in [0.4, 0.5) is 0 Å². The average molecular weight is 615 g/mol. The predicted molar refractivity (Wildman–Crippen MR) is 139 cm³/mol. The third kappa shape index (κ3) is 37.5. The van der Waals surface area contributed by atoms with Crippen LogP contribution in [0.15, 0.2) is 0 Å². The molecular weight excluding hydrogens is 568 g/mol. The van der Waals surface area contributed by atoms with Crippen molar-refractivity contribution in [3.8, 4) is 0 Å². The first-order valence-corrected chi connectivity index (χ1v) is 16.2. The van der Waals surface area contributed by atoms with Gasteiger partial charge in [-0.25, -0.2) is 0 Å². The maximum atomic E-state index is 10.7. The van der Waals surface area contributed by atoms with Gasteiger partial charge in [-0.1, -0.05) is 0 Å². The molecule has 0 spiro atoms. The fourth-order valence-electron chi connectivity index (χ4n) is 2.35. The number of hydrogen-bond acceptors (Lipinski definition) is 15. The minimum atomic E-state index is -3.43. The molecule has 0 aliphatic heterocycles. The summed E-state index contributed by atoms with van der Waals surface area (Å²) in [5.41, 5.74) is 0. The Labute approximate surface area is 232 Å². The van der Waals surface area contributed by atoms with Gasteiger partial charge in [0.25, 0.3) is 20.2 Å². The van der Waals surface area contributed by atoms with E-state index in [2.05, 4.69) is 8.37 Å². The molecule has 0 saturated heterocycles. The Morgan fingerprint density at radius 1 is 0.282 bits per heavy atom. The molecule has 0 atom stereocenters. The molecule has 0 radical (unpaired) electrons. The second-order valence-electron chi connectivity index (χ2n) is 7.56. The Bertz CT molecular complexity index is 659. The highest BCUT2D eigenvalue weighted by Gasteiger charge is 2.01. The number of rotatable bonds is 32. The minimum absolute atomic E-state index is 0.00895. The molecule has 0 aromatic rings. The lowest BCUT2D eigenvalue weighted by molar-refractivity contribution is -0.0256. The van der Waals surface area contributed by atoms with E-state index in [4.69, 9.17) is 42.6 Å². The van der Waals surface area contributed by atoms with Crippen LogP contribution in [0, 0.1) is 0 Å². The standard InChI is InChI=1S/C22H46O15S2/c1-38(23,24)36-21-19-34-17-15-32-13-11-30-9-7-28-5-3-27-4-6-29-8-10-31-12-14-33-16-18-35-20-22-37-39(2,25)26/h3-22H2,1-2H3. The van der Waals surface area contributed by atoms with Crippen molar-refractivity contribution < 1.29 is 67.8 Å². The van der Waals surface area contributed by atoms with Crippen molar-refractivity contribution in [2.75, 3.05) is 145 Å². The van der Waals surface area contributed by atoms with Crippen LogP contribution < -0.4 is 0 Å². The predicted octanol–water partition coefficient (Wildman–Crippen LogP) is -0.912. The van der Waals surface area contributed by atoms with Crippen molar-refractivity contribution in [3.05, 3.63) is 0 Å². The number of ether oxygens (including phenoxy) is 9.